The second kappa shape index (κ2) is 7.21. The lowest BCUT2D eigenvalue weighted by atomic mass is 10.2. The molecule has 0 aromatic carbocycles. The quantitative estimate of drug-likeness (QED) is 0.605. The predicted molar refractivity (Wildman–Crippen MR) is 55.4 cm³/mol. The zero-order valence-electron chi connectivity index (χ0n) is 9.43. The fourth-order valence-corrected chi connectivity index (χ4v) is 1.70. The van der Waals surface area contributed by atoms with Gasteiger partial charge in [-0.05, 0) is 13.3 Å². The normalized spacial score (nSPS) is 13.3. The van der Waals surface area contributed by atoms with Gasteiger partial charge < -0.3 is 9.84 Å². The van der Waals surface area contributed by atoms with Gasteiger partial charge in [0.25, 0.3) is 10.0 Å². The maximum atomic E-state index is 12.0. The monoisotopic (exact) mass is 289 g/mol. The number of nitrogens with one attached hydrogen (secondary N) is 1. The summed E-state index contributed by atoms with van der Waals surface area (Å²) < 4.78 is 51.4. The Labute approximate surface area is 102 Å². The first kappa shape index (κ1) is 16.7. The topological polar surface area (TPSA) is 110 Å². The van der Waals surface area contributed by atoms with E-state index in [4.69, 9.17) is 5.11 Å². The van der Waals surface area contributed by atoms with Gasteiger partial charge in [0.15, 0.2) is 0 Å². The minimum atomic E-state index is -5.02. The van der Waals surface area contributed by atoms with Crippen LogP contribution in [0.5, 0.6) is 0 Å². The van der Waals surface area contributed by atoms with Gasteiger partial charge in [-0.2, -0.15) is 13.5 Å². The fourth-order valence-electron chi connectivity index (χ4n) is 0.978. The number of hydrogen-bond acceptors (Lipinski definition) is 5. The van der Waals surface area contributed by atoms with Crippen molar-refractivity contribution in [3.63, 3.8) is 0 Å². The van der Waals surface area contributed by atoms with Gasteiger partial charge in [0.2, 0.25) is 0 Å². The largest absolute Gasteiger partial charge is 0.480 e. The molecule has 18 heavy (non-hydrogen) atoms. The third-order valence-electron chi connectivity index (χ3n) is 1.78. The molecule has 0 saturated carbocycles. The van der Waals surface area contributed by atoms with E-state index in [9.17, 15) is 26.8 Å². The molecule has 0 heterocycles. The minimum Gasteiger partial charge on any atom is -0.480 e. The number of halogens is 2. The second-order valence-corrected chi connectivity index (χ2v) is 4.84. The molecule has 0 aromatic rings. The van der Waals surface area contributed by atoms with Crippen LogP contribution >= 0.6 is 0 Å². The maximum absolute atomic E-state index is 12.0. The highest BCUT2D eigenvalue weighted by molar-refractivity contribution is 7.89. The summed E-state index contributed by atoms with van der Waals surface area (Å²) in [5.41, 5.74) is 0. The minimum absolute atomic E-state index is 0.0827. The number of sulfonamides is 1. The lowest BCUT2D eigenvalue weighted by Gasteiger charge is -2.13. The molecule has 0 aliphatic heterocycles. The number of hydrogen-bond donors (Lipinski definition) is 2. The molecule has 0 radical (unpaired) electrons. The Kier molecular flexibility index (Phi) is 6.70. The molecule has 0 saturated heterocycles. The van der Waals surface area contributed by atoms with Gasteiger partial charge in [-0.25, -0.2) is 8.42 Å². The number of aliphatic carboxylic acids is 1. The molecule has 10 heteroatoms. The highest BCUT2D eigenvalue weighted by Crippen LogP contribution is 2.07. The van der Waals surface area contributed by atoms with Gasteiger partial charge in [0.05, 0.1) is 6.61 Å². The fraction of sp³-hybridized carbons (Fsp3) is 0.750. The highest BCUT2D eigenvalue weighted by atomic mass is 32.2. The third-order valence-corrected chi connectivity index (χ3v) is 2.86. The number of ether oxygens (including phenoxy) is 1. The van der Waals surface area contributed by atoms with Crippen molar-refractivity contribution in [1.82, 2.24) is 4.72 Å². The number of rotatable bonds is 8. The van der Waals surface area contributed by atoms with Gasteiger partial charge in [-0.15, -0.1) is 0 Å². The van der Waals surface area contributed by atoms with Crippen molar-refractivity contribution in [2.24, 2.45) is 0 Å². The van der Waals surface area contributed by atoms with E-state index >= 15 is 0 Å². The Bertz CT molecular complexity index is 396. The summed E-state index contributed by atoms with van der Waals surface area (Å²) in [6.45, 7) is 1.62. The van der Waals surface area contributed by atoms with Gasteiger partial charge in [0.1, 0.15) is 6.04 Å². The summed E-state index contributed by atoms with van der Waals surface area (Å²) in [4.78, 5) is 21.6. The summed E-state index contributed by atoms with van der Waals surface area (Å²) in [7, 11) is -5.02. The van der Waals surface area contributed by atoms with Gasteiger partial charge >= 0.3 is 17.7 Å². The number of carboxylic acid groups (broad SMARTS) is 1. The van der Waals surface area contributed by atoms with Crippen molar-refractivity contribution in [2.45, 2.75) is 31.6 Å². The van der Waals surface area contributed by atoms with Gasteiger partial charge in [0, 0.05) is 6.42 Å². The van der Waals surface area contributed by atoms with E-state index in [1.165, 1.54) is 11.6 Å². The van der Waals surface area contributed by atoms with Crippen molar-refractivity contribution < 1.29 is 36.6 Å². The van der Waals surface area contributed by atoms with Gasteiger partial charge in [-0.1, -0.05) is 0 Å². The van der Waals surface area contributed by atoms with Crippen molar-refractivity contribution in [2.75, 3.05) is 6.61 Å². The van der Waals surface area contributed by atoms with E-state index < -0.39 is 46.6 Å². The van der Waals surface area contributed by atoms with Crippen LogP contribution in [0.3, 0.4) is 0 Å². The average Bonchev–Trinajstić information content (AvgIpc) is 2.23. The van der Waals surface area contributed by atoms with Crippen molar-refractivity contribution in [1.29, 1.82) is 0 Å². The second-order valence-electron chi connectivity index (χ2n) is 3.16. The van der Waals surface area contributed by atoms with E-state index in [2.05, 4.69) is 4.74 Å². The Morgan fingerprint density at radius 2 is 1.94 bits per heavy atom. The molecule has 0 fully saturated rings. The molecule has 0 amide bonds. The lowest BCUT2D eigenvalue weighted by Crippen LogP contribution is -2.43. The number of carboxylic acids is 1. The van der Waals surface area contributed by atoms with E-state index in [1.807, 2.05) is 0 Å². The first-order valence-electron chi connectivity index (χ1n) is 4.88. The number of alkyl halides is 2. The van der Waals surface area contributed by atoms with Crippen LogP contribution in [0.25, 0.3) is 0 Å². The lowest BCUT2D eigenvalue weighted by molar-refractivity contribution is -0.144. The van der Waals surface area contributed by atoms with E-state index in [1.54, 1.807) is 0 Å². The van der Waals surface area contributed by atoms with Crippen LogP contribution in [0.2, 0.25) is 0 Å². The molecule has 0 spiro atoms. The summed E-state index contributed by atoms with van der Waals surface area (Å²) >= 11 is 0. The SMILES string of the molecule is CCOC(=O)CC[C@H](NS(=O)(=O)C(F)F)C(=O)O. The third kappa shape index (κ3) is 5.87. The molecular weight excluding hydrogens is 276 g/mol. The zero-order valence-corrected chi connectivity index (χ0v) is 10.2. The van der Waals surface area contributed by atoms with E-state index in [0.29, 0.717) is 0 Å². The van der Waals surface area contributed by atoms with Crippen LogP contribution in [0.4, 0.5) is 8.78 Å². The first-order chi connectivity index (χ1) is 8.20. The van der Waals surface area contributed by atoms with Crippen molar-refractivity contribution in [3.8, 4) is 0 Å². The van der Waals surface area contributed by atoms with Crippen LogP contribution in [0, 0.1) is 0 Å². The molecule has 0 aliphatic rings. The molecule has 7 nitrogen and oxygen atoms in total. The molecule has 0 bridgehead atoms. The molecule has 0 rings (SSSR count). The molecule has 0 aromatic heterocycles. The number of carbonyl (C=O) groups excluding carboxylic acids is 1. The summed E-state index contributed by atoms with van der Waals surface area (Å²) in [5.74, 6) is -6.12. The number of esters is 1. The van der Waals surface area contributed by atoms with Crippen LogP contribution in [-0.2, 0) is 24.3 Å². The Hall–Kier alpha value is -1.29. The molecule has 106 valence electrons. The van der Waals surface area contributed by atoms with Crippen LogP contribution in [0.1, 0.15) is 19.8 Å². The predicted octanol–water partition coefficient (Wildman–Crippen LogP) is -0.0751. The van der Waals surface area contributed by atoms with Crippen LogP contribution in [0.15, 0.2) is 0 Å². The molecular formula is C8H13F2NO6S. The van der Waals surface area contributed by atoms with Crippen molar-refractivity contribution in [3.05, 3.63) is 0 Å². The number of carbonyl (C=O) groups is 2. The standard InChI is InChI=1S/C8H13F2NO6S/c1-2-17-6(12)4-3-5(7(13)14)11-18(15,16)8(9)10/h5,8,11H,2-4H2,1H3,(H,13,14)/t5-/m0/s1. The average molecular weight is 289 g/mol. The Balaban J connectivity index is 4.52. The Morgan fingerprint density at radius 3 is 2.33 bits per heavy atom. The van der Waals surface area contributed by atoms with Crippen LogP contribution < -0.4 is 4.72 Å². The summed E-state index contributed by atoms with van der Waals surface area (Å²) in [6.07, 6.45) is -0.864. The maximum Gasteiger partial charge on any atom is 0.350 e. The van der Waals surface area contributed by atoms with E-state index in [-0.39, 0.29) is 6.61 Å². The zero-order chi connectivity index (χ0) is 14.3. The van der Waals surface area contributed by atoms with Crippen molar-refractivity contribution >= 4 is 22.0 Å². The smallest absolute Gasteiger partial charge is 0.350 e. The molecule has 0 aliphatic carbocycles. The first-order valence-corrected chi connectivity index (χ1v) is 6.43. The summed E-state index contributed by atoms with van der Waals surface area (Å²) in [6, 6.07) is -1.80. The molecule has 1 atom stereocenters. The van der Waals surface area contributed by atoms with E-state index in [0.717, 1.165) is 0 Å². The molecule has 2 N–H and O–H groups in total. The summed E-state index contributed by atoms with van der Waals surface area (Å²) in [5, 5.41) is 8.64. The van der Waals surface area contributed by atoms with Gasteiger partial charge in [-0.3, -0.25) is 9.59 Å². The molecule has 0 unspecified atom stereocenters. The highest BCUT2D eigenvalue weighted by Gasteiger charge is 2.31. The van der Waals surface area contributed by atoms with Crippen LogP contribution in [-0.4, -0.2) is 43.9 Å². The Morgan fingerprint density at radius 1 is 1.39 bits per heavy atom.